The summed E-state index contributed by atoms with van der Waals surface area (Å²) in [7, 11) is 0. The van der Waals surface area contributed by atoms with Gasteiger partial charge in [-0.2, -0.15) is 5.10 Å². The number of carbonyl (C=O) groups is 1. The van der Waals surface area contributed by atoms with Crippen LogP contribution in [-0.4, -0.2) is 26.8 Å². The van der Waals surface area contributed by atoms with Gasteiger partial charge in [0.1, 0.15) is 11.5 Å². The maximum Gasteiger partial charge on any atom is 0.257 e. The smallest absolute Gasteiger partial charge is 0.257 e. The van der Waals surface area contributed by atoms with Gasteiger partial charge in [0.25, 0.3) is 5.91 Å². The third-order valence-corrected chi connectivity index (χ3v) is 5.46. The second-order valence-electron chi connectivity index (χ2n) is 6.17. The van der Waals surface area contributed by atoms with Gasteiger partial charge in [-0.15, -0.1) is 0 Å². The fourth-order valence-corrected chi connectivity index (χ4v) is 3.78. The van der Waals surface area contributed by atoms with Crippen molar-refractivity contribution < 1.29 is 9.21 Å². The second kappa shape index (κ2) is 11.0. The number of nitrogens with zero attached hydrogens (tertiary/aromatic N) is 2. The topological polar surface area (TPSA) is 118 Å². The molecule has 0 saturated carbocycles. The number of hydrogen-bond donors (Lipinski definition) is 4. The molecule has 3 rings (SSSR count). The average molecular weight is 505 g/mol. The average Bonchev–Trinajstić information content (AvgIpc) is 3.38. The quantitative estimate of drug-likeness (QED) is 0.225. The molecule has 32 heavy (non-hydrogen) atoms. The molecule has 12 heteroatoms. The van der Waals surface area contributed by atoms with E-state index >= 15 is 0 Å². The molecule has 0 bridgehead atoms. The Bertz CT molecular complexity index is 1190. The molecule has 8 nitrogen and oxygen atoms in total. The lowest BCUT2D eigenvalue weighted by molar-refractivity contribution is 0.0977. The van der Waals surface area contributed by atoms with Crippen LogP contribution in [0.3, 0.4) is 0 Å². The summed E-state index contributed by atoms with van der Waals surface area (Å²) >= 11 is 17.2. The lowest BCUT2D eigenvalue weighted by atomic mass is 10.2. The zero-order valence-electron chi connectivity index (χ0n) is 16.6. The minimum atomic E-state index is -0.364. The summed E-state index contributed by atoms with van der Waals surface area (Å²) in [5.74, 6) is 0.289. The van der Waals surface area contributed by atoms with Gasteiger partial charge < -0.3 is 15.5 Å². The number of nitrogens with one attached hydrogen (secondary N) is 3. The Kier molecular flexibility index (Phi) is 8.06. The molecule has 2 aromatic heterocycles. The number of furan rings is 1. The normalized spacial score (nSPS) is 11.4. The zero-order chi connectivity index (χ0) is 23.1. The molecule has 2 heterocycles. The van der Waals surface area contributed by atoms with Crippen molar-refractivity contribution in [3.05, 3.63) is 75.7 Å². The van der Waals surface area contributed by atoms with Gasteiger partial charge in [-0.3, -0.25) is 15.5 Å². The molecule has 0 radical (unpaired) electrons. The van der Waals surface area contributed by atoms with Gasteiger partial charge in [0.15, 0.2) is 15.4 Å². The summed E-state index contributed by atoms with van der Waals surface area (Å²) in [4.78, 5) is 17.5. The minimum absolute atomic E-state index is 0.0282. The van der Waals surface area contributed by atoms with Crippen LogP contribution in [0.2, 0.25) is 5.02 Å². The standard InChI is InChI=1S/C20H17ClN6O2S3/c1-11-16(15(26-27-18(22)30)9-8-14-3-2-10-29-14)32-20(23-11)25-19(31)24-17(28)12-4-6-13(21)7-5-12/h2-10H,1H3,(H3,22,27,30)(H2,23,24,25,28,31)/b9-8+,26-15+. The number of aromatic nitrogens is 1. The van der Waals surface area contributed by atoms with Gasteiger partial charge in [-0.05, 0) is 79.9 Å². The second-order valence-corrected chi connectivity index (χ2v) is 8.45. The van der Waals surface area contributed by atoms with Gasteiger partial charge in [0.2, 0.25) is 0 Å². The number of rotatable bonds is 6. The van der Waals surface area contributed by atoms with E-state index in [9.17, 15) is 4.79 Å². The van der Waals surface area contributed by atoms with Crippen LogP contribution >= 0.6 is 47.4 Å². The van der Waals surface area contributed by atoms with Crippen molar-refractivity contribution in [2.75, 3.05) is 5.32 Å². The van der Waals surface area contributed by atoms with Crippen LogP contribution in [0.5, 0.6) is 0 Å². The van der Waals surface area contributed by atoms with E-state index in [0.717, 1.165) is 4.88 Å². The summed E-state index contributed by atoms with van der Waals surface area (Å²) in [6, 6.07) is 10.1. The highest BCUT2D eigenvalue weighted by Crippen LogP contribution is 2.24. The Morgan fingerprint density at radius 2 is 2.03 bits per heavy atom. The lowest BCUT2D eigenvalue weighted by Gasteiger charge is -2.07. The number of allylic oxidation sites excluding steroid dienone is 1. The van der Waals surface area contributed by atoms with Crippen LogP contribution in [0.4, 0.5) is 5.13 Å². The number of amides is 1. The molecule has 5 N–H and O–H groups in total. The van der Waals surface area contributed by atoms with Gasteiger partial charge in [0, 0.05) is 10.6 Å². The molecule has 0 spiro atoms. The highest BCUT2D eigenvalue weighted by Gasteiger charge is 2.15. The van der Waals surface area contributed by atoms with Crippen molar-refractivity contribution in [3.63, 3.8) is 0 Å². The third-order valence-electron chi connectivity index (χ3n) is 3.82. The molecule has 0 fully saturated rings. The van der Waals surface area contributed by atoms with Gasteiger partial charge in [-0.25, -0.2) is 4.98 Å². The van der Waals surface area contributed by atoms with Gasteiger partial charge in [0.05, 0.1) is 16.8 Å². The first kappa shape index (κ1) is 23.5. The van der Waals surface area contributed by atoms with E-state index in [4.69, 9.17) is 46.2 Å². The summed E-state index contributed by atoms with van der Waals surface area (Å²) in [5, 5.41) is 10.9. The van der Waals surface area contributed by atoms with Crippen LogP contribution in [0, 0.1) is 6.92 Å². The fraction of sp³-hybridized carbons (Fsp3) is 0.0500. The summed E-state index contributed by atoms with van der Waals surface area (Å²) in [6.07, 6.45) is 5.07. The SMILES string of the molecule is Cc1nc(NC(=S)NC(=O)c2ccc(Cl)cc2)sc1C(/C=C/c1ccco1)=N/NC(N)=S. The highest BCUT2D eigenvalue weighted by atomic mass is 35.5. The van der Waals surface area contributed by atoms with Crippen LogP contribution in [-0.2, 0) is 0 Å². The van der Waals surface area contributed by atoms with Crippen LogP contribution in [0.25, 0.3) is 6.08 Å². The summed E-state index contributed by atoms with van der Waals surface area (Å²) < 4.78 is 5.31. The van der Waals surface area contributed by atoms with E-state index in [0.29, 0.717) is 32.9 Å². The minimum Gasteiger partial charge on any atom is -0.465 e. The number of hydrogen-bond acceptors (Lipinski definition) is 7. The third kappa shape index (κ3) is 6.69. The number of benzene rings is 1. The van der Waals surface area contributed by atoms with Crippen LogP contribution < -0.4 is 21.8 Å². The molecule has 0 atom stereocenters. The van der Waals surface area contributed by atoms with Crippen LogP contribution in [0.1, 0.15) is 26.7 Å². The summed E-state index contributed by atoms with van der Waals surface area (Å²) in [5.41, 5.74) is 9.74. The molecule has 1 aromatic carbocycles. The first-order valence-electron chi connectivity index (χ1n) is 9.02. The maximum absolute atomic E-state index is 12.3. The number of nitrogens with two attached hydrogens (primary N) is 1. The highest BCUT2D eigenvalue weighted by molar-refractivity contribution is 7.80. The maximum atomic E-state index is 12.3. The molecule has 0 aliphatic rings. The van der Waals surface area contributed by atoms with E-state index in [1.807, 2.05) is 13.0 Å². The molecule has 0 aliphatic carbocycles. The Labute approximate surface area is 203 Å². The lowest BCUT2D eigenvalue weighted by Crippen LogP contribution is -2.34. The molecular weight excluding hydrogens is 488 g/mol. The monoisotopic (exact) mass is 504 g/mol. The van der Waals surface area contributed by atoms with E-state index in [1.54, 1.807) is 48.7 Å². The Hall–Kier alpha value is -3.12. The first-order valence-corrected chi connectivity index (χ1v) is 11.0. The largest absolute Gasteiger partial charge is 0.465 e. The van der Waals surface area contributed by atoms with E-state index in [1.165, 1.54) is 11.3 Å². The molecule has 1 amide bonds. The van der Waals surface area contributed by atoms with E-state index in [-0.39, 0.29) is 16.1 Å². The number of thiocarbonyl (C=S) groups is 2. The molecular formula is C20H17ClN6O2S3. The Morgan fingerprint density at radius 3 is 2.69 bits per heavy atom. The van der Waals surface area contributed by atoms with E-state index < -0.39 is 0 Å². The van der Waals surface area contributed by atoms with Crippen molar-refractivity contribution in [1.82, 2.24) is 15.7 Å². The zero-order valence-corrected chi connectivity index (χ0v) is 19.8. The number of aryl methyl sites for hydroxylation is 1. The van der Waals surface area contributed by atoms with Crippen molar-refractivity contribution >= 4 is 80.4 Å². The molecule has 0 saturated heterocycles. The van der Waals surface area contributed by atoms with Crippen LogP contribution in [0.15, 0.2) is 58.3 Å². The van der Waals surface area contributed by atoms with Gasteiger partial charge in [-0.1, -0.05) is 22.9 Å². The first-order chi connectivity index (χ1) is 15.3. The number of carbonyl (C=O) groups excluding carboxylic acids is 1. The number of anilines is 1. The fourth-order valence-electron chi connectivity index (χ4n) is 2.42. The number of halogens is 1. The number of hydrazone groups is 1. The van der Waals surface area contributed by atoms with Crippen molar-refractivity contribution in [1.29, 1.82) is 0 Å². The summed E-state index contributed by atoms with van der Waals surface area (Å²) in [6.45, 7) is 1.82. The van der Waals surface area contributed by atoms with Gasteiger partial charge >= 0.3 is 0 Å². The molecule has 0 unspecified atom stereocenters. The predicted octanol–water partition coefficient (Wildman–Crippen LogP) is 4.08. The molecule has 3 aromatic rings. The van der Waals surface area contributed by atoms with E-state index in [2.05, 4.69) is 26.1 Å². The Morgan fingerprint density at radius 1 is 1.28 bits per heavy atom. The molecule has 164 valence electrons. The van der Waals surface area contributed by atoms with Crippen molar-refractivity contribution in [2.45, 2.75) is 6.92 Å². The van der Waals surface area contributed by atoms with Crippen molar-refractivity contribution in [2.24, 2.45) is 10.8 Å². The molecule has 0 aliphatic heterocycles. The van der Waals surface area contributed by atoms with Crippen molar-refractivity contribution in [3.8, 4) is 0 Å². The predicted molar refractivity (Wildman–Crippen MR) is 136 cm³/mol. The number of thiazole rings is 1. The Balaban J connectivity index is 1.74.